The van der Waals surface area contributed by atoms with Gasteiger partial charge in [0.25, 0.3) is 0 Å². The molecular formula is C9H10BrCl2N. The molecular weight excluding hydrogens is 273 g/mol. The maximum atomic E-state index is 5.86. The van der Waals surface area contributed by atoms with Gasteiger partial charge in [0.05, 0.1) is 10.0 Å². The van der Waals surface area contributed by atoms with Crippen molar-refractivity contribution in [3.63, 3.8) is 0 Å². The molecule has 0 atom stereocenters. The van der Waals surface area contributed by atoms with Crippen LogP contribution in [0, 0.1) is 0 Å². The monoisotopic (exact) mass is 281 g/mol. The molecule has 1 nitrogen and oxygen atoms in total. The van der Waals surface area contributed by atoms with Crippen LogP contribution in [0.5, 0.6) is 0 Å². The van der Waals surface area contributed by atoms with Crippen molar-refractivity contribution >= 4 is 39.1 Å². The minimum Gasteiger partial charge on any atom is -0.312 e. The molecule has 0 radical (unpaired) electrons. The minimum absolute atomic E-state index is 0.603. The smallest absolute Gasteiger partial charge is 0.0595 e. The standard InChI is InChI=1S/C9H10BrCl2N/c10-3-4-13-6-7-1-2-8(11)9(12)5-7/h1-2,5,13H,3-4,6H2. The summed E-state index contributed by atoms with van der Waals surface area (Å²) in [6.07, 6.45) is 0. The number of hydrogen-bond donors (Lipinski definition) is 1. The SMILES string of the molecule is Clc1ccc(CNCCBr)cc1Cl. The number of alkyl halides is 1. The molecule has 4 heteroatoms. The number of halogens is 3. The van der Waals surface area contributed by atoms with E-state index in [0.717, 1.165) is 24.0 Å². The van der Waals surface area contributed by atoms with Gasteiger partial charge in [-0.3, -0.25) is 0 Å². The number of rotatable bonds is 4. The Morgan fingerprint density at radius 3 is 2.62 bits per heavy atom. The first kappa shape index (κ1) is 11.3. The second-order valence-corrected chi connectivity index (χ2v) is 4.22. The zero-order valence-electron chi connectivity index (χ0n) is 6.99. The van der Waals surface area contributed by atoms with Crippen LogP contribution in [0.3, 0.4) is 0 Å². The lowest BCUT2D eigenvalue weighted by atomic mass is 10.2. The lowest BCUT2D eigenvalue weighted by Gasteiger charge is -2.03. The Labute approximate surface area is 96.6 Å². The molecule has 1 N–H and O–H groups in total. The molecule has 0 aromatic heterocycles. The van der Waals surface area contributed by atoms with Crippen molar-refractivity contribution in [2.24, 2.45) is 0 Å². The molecule has 72 valence electrons. The summed E-state index contributed by atoms with van der Waals surface area (Å²) in [5, 5.41) is 5.42. The van der Waals surface area contributed by atoms with E-state index < -0.39 is 0 Å². The molecule has 0 fully saturated rings. The third-order valence-electron chi connectivity index (χ3n) is 1.58. The average molecular weight is 283 g/mol. The molecule has 0 amide bonds. The first-order chi connectivity index (χ1) is 6.24. The summed E-state index contributed by atoms with van der Waals surface area (Å²) in [6.45, 7) is 1.77. The quantitative estimate of drug-likeness (QED) is 0.659. The van der Waals surface area contributed by atoms with Crippen LogP contribution in [0.1, 0.15) is 5.56 Å². The molecule has 0 aliphatic carbocycles. The van der Waals surface area contributed by atoms with Crippen LogP contribution >= 0.6 is 39.1 Å². The summed E-state index contributed by atoms with van der Waals surface area (Å²) >= 11 is 15.0. The van der Waals surface area contributed by atoms with Crippen LogP contribution in [0.15, 0.2) is 18.2 Å². The minimum atomic E-state index is 0.603. The zero-order chi connectivity index (χ0) is 9.68. The zero-order valence-corrected chi connectivity index (χ0v) is 10.1. The highest BCUT2D eigenvalue weighted by Gasteiger charge is 1.98. The van der Waals surface area contributed by atoms with E-state index in [1.807, 2.05) is 18.2 Å². The van der Waals surface area contributed by atoms with Crippen molar-refractivity contribution in [3.05, 3.63) is 33.8 Å². The highest BCUT2D eigenvalue weighted by Crippen LogP contribution is 2.22. The highest BCUT2D eigenvalue weighted by molar-refractivity contribution is 9.09. The lowest BCUT2D eigenvalue weighted by Crippen LogP contribution is -2.15. The molecule has 0 aliphatic heterocycles. The largest absolute Gasteiger partial charge is 0.312 e. The Morgan fingerprint density at radius 2 is 2.00 bits per heavy atom. The predicted octanol–water partition coefficient (Wildman–Crippen LogP) is 3.48. The Bertz CT molecular complexity index is 278. The average Bonchev–Trinajstić information content (AvgIpc) is 2.12. The van der Waals surface area contributed by atoms with E-state index in [1.165, 1.54) is 0 Å². The molecule has 1 aromatic rings. The van der Waals surface area contributed by atoms with Gasteiger partial charge in [-0.2, -0.15) is 0 Å². The molecule has 0 saturated carbocycles. The topological polar surface area (TPSA) is 12.0 Å². The Balaban J connectivity index is 2.53. The molecule has 1 rings (SSSR count). The predicted molar refractivity (Wildman–Crippen MR) is 62.0 cm³/mol. The number of nitrogens with one attached hydrogen (secondary N) is 1. The van der Waals surface area contributed by atoms with Crippen molar-refractivity contribution in [2.75, 3.05) is 11.9 Å². The fraction of sp³-hybridized carbons (Fsp3) is 0.333. The summed E-state index contributed by atoms with van der Waals surface area (Å²) in [6, 6.07) is 5.66. The maximum Gasteiger partial charge on any atom is 0.0595 e. The van der Waals surface area contributed by atoms with Crippen molar-refractivity contribution in [3.8, 4) is 0 Å². The first-order valence-corrected chi connectivity index (χ1v) is 5.82. The van der Waals surface area contributed by atoms with Gasteiger partial charge in [0.2, 0.25) is 0 Å². The second kappa shape index (κ2) is 5.86. The summed E-state index contributed by atoms with van der Waals surface area (Å²) in [7, 11) is 0. The van der Waals surface area contributed by atoms with Crippen LogP contribution in [-0.2, 0) is 6.54 Å². The Hall–Kier alpha value is 0.240. The third kappa shape index (κ3) is 3.86. The van der Waals surface area contributed by atoms with E-state index >= 15 is 0 Å². The van der Waals surface area contributed by atoms with Gasteiger partial charge < -0.3 is 5.32 Å². The molecule has 0 saturated heterocycles. The van der Waals surface area contributed by atoms with Crippen molar-refractivity contribution in [1.82, 2.24) is 5.32 Å². The van der Waals surface area contributed by atoms with Crippen LogP contribution in [0.25, 0.3) is 0 Å². The molecule has 0 aliphatic rings. The number of hydrogen-bond acceptors (Lipinski definition) is 1. The van der Waals surface area contributed by atoms with Crippen LogP contribution in [0.4, 0.5) is 0 Å². The van der Waals surface area contributed by atoms with Crippen LogP contribution < -0.4 is 5.32 Å². The van der Waals surface area contributed by atoms with E-state index in [4.69, 9.17) is 23.2 Å². The lowest BCUT2D eigenvalue weighted by molar-refractivity contribution is 0.734. The Kier molecular flexibility index (Phi) is 5.10. The maximum absolute atomic E-state index is 5.86. The first-order valence-electron chi connectivity index (χ1n) is 3.94. The molecule has 0 bridgehead atoms. The van der Waals surface area contributed by atoms with Gasteiger partial charge >= 0.3 is 0 Å². The third-order valence-corrected chi connectivity index (χ3v) is 2.72. The molecule has 1 aromatic carbocycles. The van der Waals surface area contributed by atoms with E-state index in [-0.39, 0.29) is 0 Å². The van der Waals surface area contributed by atoms with Crippen molar-refractivity contribution in [2.45, 2.75) is 6.54 Å². The molecule has 0 spiro atoms. The number of benzene rings is 1. The van der Waals surface area contributed by atoms with E-state index in [0.29, 0.717) is 10.0 Å². The summed E-state index contributed by atoms with van der Waals surface area (Å²) < 4.78 is 0. The molecule has 0 unspecified atom stereocenters. The van der Waals surface area contributed by atoms with Gasteiger partial charge in [-0.05, 0) is 17.7 Å². The van der Waals surface area contributed by atoms with Gasteiger partial charge in [-0.15, -0.1) is 0 Å². The van der Waals surface area contributed by atoms with Crippen molar-refractivity contribution < 1.29 is 0 Å². The van der Waals surface area contributed by atoms with Gasteiger partial charge in [-0.1, -0.05) is 45.2 Å². The van der Waals surface area contributed by atoms with E-state index in [9.17, 15) is 0 Å². The van der Waals surface area contributed by atoms with E-state index in [1.54, 1.807) is 0 Å². The summed E-state index contributed by atoms with van der Waals surface area (Å²) in [4.78, 5) is 0. The second-order valence-electron chi connectivity index (χ2n) is 2.61. The summed E-state index contributed by atoms with van der Waals surface area (Å²) in [5.41, 5.74) is 1.15. The van der Waals surface area contributed by atoms with Crippen molar-refractivity contribution in [1.29, 1.82) is 0 Å². The normalized spacial score (nSPS) is 10.4. The molecule has 0 heterocycles. The van der Waals surface area contributed by atoms with Gasteiger partial charge in [-0.25, -0.2) is 0 Å². The Morgan fingerprint density at radius 1 is 1.23 bits per heavy atom. The van der Waals surface area contributed by atoms with Gasteiger partial charge in [0.15, 0.2) is 0 Å². The van der Waals surface area contributed by atoms with Crippen LogP contribution in [0.2, 0.25) is 10.0 Å². The fourth-order valence-electron chi connectivity index (χ4n) is 0.949. The fourth-order valence-corrected chi connectivity index (χ4v) is 1.55. The van der Waals surface area contributed by atoms with Gasteiger partial charge in [0, 0.05) is 18.4 Å². The summed E-state index contributed by atoms with van der Waals surface area (Å²) in [5.74, 6) is 0. The van der Waals surface area contributed by atoms with Crippen LogP contribution in [-0.4, -0.2) is 11.9 Å². The van der Waals surface area contributed by atoms with Gasteiger partial charge in [0.1, 0.15) is 0 Å². The molecule has 13 heavy (non-hydrogen) atoms. The highest BCUT2D eigenvalue weighted by atomic mass is 79.9. The van der Waals surface area contributed by atoms with E-state index in [2.05, 4.69) is 21.2 Å².